The van der Waals surface area contributed by atoms with Crippen LogP contribution in [0.2, 0.25) is 5.02 Å². The molecule has 1 atom stereocenters. The van der Waals surface area contributed by atoms with Crippen LogP contribution >= 0.6 is 11.6 Å². The Bertz CT molecular complexity index is 818. The summed E-state index contributed by atoms with van der Waals surface area (Å²) >= 11 is 6.12. The normalized spacial score (nSPS) is 16.8. The van der Waals surface area contributed by atoms with E-state index in [9.17, 15) is 9.59 Å². The van der Waals surface area contributed by atoms with Gasteiger partial charge in [-0.25, -0.2) is 0 Å². The van der Waals surface area contributed by atoms with Gasteiger partial charge in [-0.2, -0.15) is 0 Å². The van der Waals surface area contributed by atoms with E-state index in [-0.39, 0.29) is 11.8 Å². The second-order valence-electron chi connectivity index (χ2n) is 7.62. The molecular formula is C22H28ClN3O2. The highest BCUT2D eigenvalue weighted by Gasteiger charge is 2.24. The maximum absolute atomic E-state index is 12.6. The number of nitrogens with zero attached hydrogens (tertiary/aromatic N) is 2. The summed E-state index contributed by atoms with van der Waals surface area (Å²) in [6.45, 7) is 2.02. The third kappa shape index (κ3) is 5.86. The first-order chi connectivity index (χ1) is 13.5. The van der Waals surface area contributed by atoms with E-state index in [1.54, 1.807) is 0 Å². The molecule has 1 N–H and O–H groups in total. The molecule has 5 nitrogen and oxygen atoms in total. The van der Waals surface area contributed by atoms with Gasteiger partial charge in [-0.05, 0) is 48.4 Å². The molecule has 150 valence electrons. The van der Waals surface area contributed by atoms with Crippen molar-refractivity contribution in [1.82, 2.24) is 14.8 Å². The topological polar surface area (TPSA) is 54.3 Å². The number of rotatable bonds is 7. The quantitative estimate of drug-likeness (QED) is 0.771. The van der Waals surface area contributed by atoms with Crippen LogP contribution in [-0.4, -0.2) is 34.4 Å². The van der Waals surface area contributed by atoms with Gasteiger partial charge in [0.2, 0.25) is 11.8 Å². The minimum Gasteiger partial charge on any atom is -0.357 e. The highest BCUT2D eigenvalue weighted by molar-refractivity contribution is 6.31. The summed E-state index contributed by atoms with van der Waals surface area (Å²) < 4.78 is 1.96. The van der Waals surface area contributed by atoms with Gasteiger partial charge in [0, 0.05) is 50.5 Å². The number of carbonyl (C=O) groups excluding carboxylic acids is 2. The zero-order valence-electron chi connectivity index (χ0n) is 16.4. The van der Waals surface area contributed by atoms with Crippen LogP contribution in [0.4, 0.5) is 0 Å². The van der Waals surface area contributed by atoms with Crippen LogP contribution in [0, 0.1) is 5.92 Å². The molecule has 0 bridgehead atoms. The minimum absolute atomic E-state index is 0.0349. The average molecular weight is 402 g/mol. The van der Waals surface area contributed by atoms with Crippen LogP contribution in [-0.2, 0) is 29.6 Å². The molecule has 1 aromatic heterocycles. The zero-order valence-corrected chi connectivity index (χ0v) is 17.1. The molecule has 0 aliphatic carbocycles. The van der Waals surface area contributed by atoms with Crippen LogP contribution in [0.25, 0.3) is 0 Å². The van der Waals surface area contributed by atoms with E-state index in [0.29, 0.717) is 30.3 Å². The number of carbonyl (C=O) groups is 2. The molecule has 1 aliphatic rings. The van der Waals surface area contributed by atoms with Crippen LogP contribution < -0.4 is 5.32 Å². The van der Waals surface area contributed by atoms with Crippen molar-refractivity contribution in [3.05, 3.63) is 58.9 Å². The summed E-state index contributed by atoms with van der Waals surface area (Å²) in [6.07, 6.45) is 7.77. The molecule has 0 saturated carbocycles. The monoisotopic (exact) mass is 401 g/mol. The Kier molecular flexibility index (Phi) is 7.15. The minimum atomic E-state index is 0.0349. The lowest BCUT2D eigenvalue weighted by Crippen LogP contribution is -2.41. The molecule has 1 unspecified atom stereocenters. The van der Waals surface area contributed by atoms with Crippen LogP contribution in [0.1, 0.15) is 36.8 Å². The fourth-order valence-corrected chi connectivity index (χ4v) is 3.94. The van der Waals surface area contributed by atoms with E-state index in [2.05, 4.69) is 5.32 Å². The standard InChI is InChI=1S/C22H28ClN3O2/c1-25-12-10-18(15-25)13-22(28)26-11-4-5-17(16-26)8-9-21(27)24-14-19-6-2-3-7-20(19)23/h2-3,6-7,10,12,15,17H,4-5,8-9,11,13-14,16H2,1H3,(H,24,27). The first-order valence-electron chi connectivity index (χ1n) is 9.90. The summed E-state index contributed by atoms with van der Waals surface area (Å²) in [5.41, 5.74) is 1.97. The Morgan fingerprint density at radius 1 is 1.25 bits per heavy atom. The Labute approximate surface area is 171 Å². The number of benzene rings is 1. The lowest BCUT2D eigenvalue weighted by molar-refractivity contribution is -0.132. The van der Waals surface area contributed by atoms with Gasteiger partial charge < -0.3 is 14.8 Å². The summed E-state index contributed by atoms with van der Waals surface area (Å²) in [6, 6.07) is 9.52. The molecule has 3 rings (SSSR count). The van der Waals surface area contributed by atoms with Gasteiger partial charge in [0.05, 0.1) is 6.42 Å². The molecule has 1 aromatic carbocycles. The smallest absolute Gasteiger partial charge is 0.227 e. The summed E-state index contributed by atoms with van der Waals surface area (Å²) in [4.78, 5) is 26.7. The van der Waals surface area contributed by atoms with Gasteiger partial charge in [-0.1, -0.05) is 29.8 Å². The molecule has 28 heavy (non-hydrogen) atoms. The Morgan fingerprint density at radius 2 is 2.07 bits per heavy atom. The van der Waals surface area contributed by atoms with Crippen molar-refractivity contribution in [3.8, 4) is 0 Å². The van der Waals surface area contributed by atoms with E-state index >= 15 is 0 Å². The number of aromatic nitrogens is 1. The third-order valence-electron chi connectivity index (χ3n) is 5.33. The maximum atomic E-state index is 12.6. The van der Waals surface area contributed by atoms with Crippen molar-refractivity contribution in [2.24, 2.45) is 13.0 Å². The SMILES string of the molecule is Cn1ccc(CC(=O)N2CCCC(CCC(=O)NCc3ccccc3Cl)C2)c1. The molecule has 0 spiro atoms. The van der Waals surface area contributed by atoms with Crippen LogP contribution in [0.15, 0.2) is 42.7 Å². The summed E-state index contributed by atoms with van der Waals surface area (Å²) in [7, 11) is 1.96. The number of hydrogen-bond donors (Lipinski definition) is 1. The highest BCUT2D eigenvalue weighted by Crippen LogP contribution is 2.22. The largest absolute Gasteiger partial charge is 0.357 e. The number of amides is 2. The molecule has 2 aromatic rings. The van der Waals surface area contributed by atoms with Gasteiger partial charge in [0.25, 0.3) is 0 Å². The second kappa shape index (κ2) is 9.78. The van der Waals surface area contributed by atoms with Crippen molar-refractivity contribution >= 4 is 23.4 Å². The van der Waals surface area contributed by atoms with E-state index in [0.717, 1.165) is 43.5 Å². The molecule has 1 aliphatic heterocycles. The van der Waals surface area contributed by atoms with Crippen molar-refractivity contribution in [1.29, 1.82) is 0 Å². The average Bonchev–Trinajstić information content (AvgIpc) is 3.10. The van der Waals surface area contributed by atoms with E-state index in [1.807, 2.05) is 59.2 Å². The second-order valence-corrected chi connectivity index (χ2v) is 8.02. The van der Waals surface area contributed by atoms with Crippen LogP contribution in [0.3, 0.4) is 0 Å². The molecule has 2 amide bonds. The Morgan fingerprint density at radius 3 is 2.82 bits per heavy atom. The number of piperidine rings is 1. The van der Waals surface area contributed by atoms with Gasteiger partial charge in [0.15, 0.2) is 0 Å². The van der Waals surface area contributed by atoms with Gasteiger partial charge in [0.1, 0.15) is 0 Å². The van der Waals surface area contributed by atoms with E-state index in [1.165, 1.54) is 0 Å². The fraction of sp³-hybridized carbons (Fsp3) is 0.455. The van der Waals surface area contributed by atoms with Gasteiger partial charge in [-0.15, -0.1) is 0 Å². The number of likely N-dealkylation sites (tertiary alicyclic amines) is 1. The first-order valence-corrected chi connectivity index (χ1v) is 10.3. The number of nitrogens with one attached hydrogen (secondary N) is 1. The predicted octanol–water partition coefficient (Wildman–Crippen LogP) is 3.56. The van der Waals surface area contributed by atoms with Crippen molar-refractivity contribution in [3.63, 3.8) is 0 Å². The van der Waals surface area contributed by atoms with Gasteiger partial charge >= 0.3 is 0 Å². The number of hydrogen-bond acceptors (Lipinski definition) is 2. The van der Waals surface area contributed by atoms with Crippen LogP contribution in [0.5, 0.6) is 0 Å². The maximum Gasteiger partial charge on any atom is 0.227 e. The van der Waals surface area contributed by atoms with E-state index < -0.39 is 0 Å². The van der Waals surface area contributed by atoms with Crippen molar-refractivity contribution in [2.45, 2.75) is 38.6 Å². The zero-order chi connectivity index (χ0) is 19.9. The number of aryl methyl sites for hydroxylation is 1. The lowest BCUT2D eigenvalue weighted by Gasteiger charge is -2.32. The van der Waals surface area contributed by atoms with Gasteiger partial charge in [-0.3, -0.25) is 9.59 Å². The molecule has 2 heterocycles. The molecule has 1 fully saturated rings. The Balaban J connectivity index is 1.41. The summed E-state index contributed by atoms with van der Waals surface area (Å²) in [5.74, 6) is 0.603. The molecular weight excluding hydrogens is 374 g/mol. The Hall–Kier alpha value is -2.27. The fourth-order valence-electron chi connectivity index (χ4n) is 3.74. The van der Waals surface area contributed by atoms with Crippen molar-refractivity contribution < 1.29 is 9.59 Å². The van der Waals surface area contributed by atoms with Crippen molar-refractivity contribution in [2.75, 3.05) is 13.1 Å². The highest BCUT2D eigenvalue weighted by atomic mass is 35.5. The molecule has 0 radical (unpaired) electrons. The van der Waals surface area contributed by atoms with E-state index in [4.69, 9.17) is 11.6 Å². The lowest BCUT2D eigenvalue weighted by atomic mass is 9.93. The summed E-state index contributed by atoms with van der Waals surface area (Å²) in [5, 5.41) is 3.61. The molecule has 6 heteroatoms. The third-order valence-corrected chi connectivity index (χ3v) is 5.70. The first kappa shape index (κ1) is 20.5. The molecule has 1 saturated heterocycles. The predicted molar refractivity (Wildman–Crippen MR) is 111 cm³/mol. The number of halogens is 1.